The van der Waals surface area contributed by atoms with E-state index in [1.807, 2.05) is 12.1 Å². The van der Waals surface area contributed by atoms with E-state index in [9.17, 15) is 0 Å². The minimum absolute atomic E-state index is 0.706. The quantitative estimate of drug-likeness (QED) is 0.773. The van der Waals surface area contributed by atoms with Gasteiger partial charge in [0.05, 0.1) is 6.54 Å². The highest BCUT2D eigenvalue weighted by atomic mass is 16.3. The van der Waals surface area contributed by atoms with E-state index in [1.165, 1.54) is 19.3 Å². The Kier molecular flexibility index (Phi) is 4.56. The fraction of sp³-hybridized carbons (Fsp3) is 0.409. The van der Waals surface area contributed by atoms with Crippen molar-refractivity contribution in [2.45, 2.75) is 31.8 Å². The maximum Gasteiger partial charge on any atom is 0.152 e. The van der Waals surface area contributed by atoms with E-state index in [2.05, 4.69) is 50.3 Å². The van der Waals surface area contributed by atoms with Crippen LogP contribution in [0.3, 0.4) is 0 Å². The van der Waals surface area contributed by atoms with Gasteiger partial charge in [0, 0.05) is 38.4 Å². The summed E-state index contributed by atoms with van der Waals surface area (Å²) in [6.07, 6.45) is 5.48. The van der Waals surface area contributed by atoms with Crippen molar-refractivity contribution in [2.24, 2.45) is 0 Å². The molecule has 0 spiro atoms. The average Bonchev–Trinajstić information content (AvgIpc) is 3.40. The number of fused-ring (bicyclic) bond motifs is 1. The third kappa shape index (κ3) is 3.57. The monoisotopic (exact) mass is 362 g/mol. The van der Waals surface area contributed by atoms with Gasteiger partial charge in [0.2, 0.25) is 0 Å². The molecule has 0 saturated carbocycles. The number of furan rings is 1. The minimum Gasteiger partial charge on any atom is -0.458 e. The number of H-pyrrole nitrogens is 1. The SMILES string of the molecule is c1ccc2c(c1)CC[C@@H](N1CCN(Cc3ccc(-c4ccn[nH]4)o3)CC1)C2. The molecule has 5 nitrogen and oxygen atoms in total. The van der Waals surface area contributed by atoms with Crippen LogP contribution in [0, 0.1) is 0 Å². The standard InChI is InChI=1S/C22H26N4O/c1-2-4-18-15-19(6-5-17(18)3-1)26-13-11-25(12-14-26)16-20-7-8-22(27-20)21-9-10-23-24-21/h1-4,7-10,19H,5-6,11-16H2,(H,23,24)/t19-/m1/s1. The van der Waals surface area contributed by atoms with Crippen molar-refractivity contribution in [2.75, 3.05) is 26.2 Å². The molecule has 3 heterocycles. The summed E-state index contributed by atoms with van der Waals surface area (Å²) in [4.78, 5) is 5.20. The van der Waals surface area contributed by atoms with E-state index in [-0.39, 0.29) is 0 Å². The van der Waals surface area contributed by atoms with E-state index >= 15 is 0 Å². The van der Waals surface area contributed by atoms with Crippen molar-refractivity contribution in [1.82, 2.24) is 20.0 Å². The Labute approximate surface area is 160 Å². The van der Waals surface area contributed by atoms with Crippen LogP contribution in [0.1, 0.15) is 23.3 Å². The largest absolute Gasteiger partial charge is 0.458 e. The summed E-state index contributed by atoms with van der Waals surface area (Å²) in [5.74, 6) is 1.89. The molecule has 1 saturated heterocycles. The van der Waals surface area contributed by atoms with Crippen LogP contribution in [0.25, 0.3) is 11.5 Å². The molecule has 0 radical (unpaired) electrons. The van der Waals surface area contributed by atoms with Crippen LogP contribution in [0.5, 0.6) is 0 Å². The topological polar surface area (TPSA) is 48.3 Å². The molecule has 0 unspecified atom stereocenters. The summed E-state index contributed by atoms with van der Waals surface area (Å²) < 4.78 is 5.99. The second kappa shape index (κ2) is 7.33. The van der Waals surface area contributed by atoms with E-state index in [1.54, 1.807) is 17.3 Å². The van der Waals surface area contributed by atoms with E-state index in [4.69, 9.17) is 4.42 Å². The third-order valence-electron chi connectivity index (χ3n) is 6.05. The maximum atomic E-state index is 5.99. The molecule has 2 aliphatic rings. The molecule has 1 aliphatic heterocycles. The third-order valence-corrected chi connectivity index (χ3v) is 6.05. The first kappa shape index (κ1) is 16.8. The number of hydrogen-bond donors (Lipinski definition) is 1. The summed E-state index contributed by atoms with van der Waals surface area (Å²) in [5.41, 5.74) is 4.04. The summed E-state index contributed by atoms with van der Waals surface area (Å²) in [7, 11) is 0. The van der Waals surface area contributed by atoms with Crippen molar-refractivity contribution in [3.8, 4) is 11.5 Å². The molecule has 1 fully saturated rings. The Balaban J connectivity index is 1.15. The van der Waals surface area contributed by atoms with Crippen LogP contribution in [0.15, 0.2) is 53.1 Å². The molecule has 1 atom stereocenters. The zero-order chi connectivity index (χ0) is 18.1. The summed E-state index contributed by atoms with van der Waals surface area (Å²) in [5, 5.41) is 6.94. The highest BCUT2D eigenvalue weighted by Crippen LogP contribution is 2.26. The fourth-order valence-electron chi connectivity index (χ4n) is 4.50. The molecule has 3 aromatic rings. The Morgan fingerprint density at radius 2 is 1.85 bits per heavy atom. The van der Waals surface area contributed by atoms with Crippen molar-refractivity contribution >= 4 is 0 Å². The van der Waals surface area contributed by atoms with Gasteiger partial charge < -0.3 is 4.42 Å². The molecule has 0 bridgehead atoms. The van der Waals surface area contributed by atoms with Gasteiger partial charge in [-0.25, -0.2) is 0 Å². The summed E-state index contributed by atoms with van der Waals surface area (Å²) in [6, 6.07) is 15.7. The van der Waals surface area contributed by atoms with Crippen LogP contribution in [0.2, 0.25) is 0 Å². The van der Waals surface area contributed by atoms with Crippen molar-refractivity contribution in [3.63, 3.8) is 0 Å². The van der Waals surface area contributed by atoms with Gasteiger partial charge in [-0.1, -0.05) is 24.3 Å². The summed E-state index contributed by atoms with van der Waals surface area (Å²) >= 11 is 0. The minimum atomic E-state index is 0.706. The average molecular weight is 362 g/mol. The van der Waals surface area contributed by atoms with Gasteiger partial charge in [-0.3, -0.25) is 14.9 Å². The Bertz CT molecular complexity index is 877. The highest BCUT2D eigenvalue weighted by molar-refractivity contribution is 5.51. The first-order chi connectivity index (χ1) is 13.3. The van der Waals surface area contributed by atoms with Gasteiger partial charge in [-0.2, -0.15) is 5.10 Å². The van der Waals surface area contributed by atoms with E-state index in [0.29, 0.717) is 6.04 Å². The summed E-state index contributed by atoms with van der Waals surface area (Å²) in [6.45, 7) is 5.41. The van der Waals surface area contributed by atoms with Gasteiger partial charge >= 0.3 is 0 Å². The zero-order valence-corrected chi connectivity index (χ0v) is 15.6. The zero-order valence-electron chi connectivity index (χ0n) is 15.6. The number of hydrogen-bond acceptors (Lipinski definition) is 4. The highest BCUT2D eigenvalue weighted by Gasteiger charge is 2.27. The molecule has 1 aromatic carbocycles. The van der Waals surface area contributed by atoms with Gasteiger partial charge in [-0.05, 0) is 48.6 Å². The molecule has 5 heteroatoms. The predicted molar refractivity (Wildman–Crippen MR) is 105 cm³/mol. The number of nitrogens with one attached hydrogen (secondary N) is 1. The van der Waals surface area contributed by atoms with Crippen LogP contribution in [-0.4, -0.2) is 52.2 Å². The number of aromatic nitrogens is 2. The molecule has 0 amide bonds. The second-order valence-electron chi connectivity index (χ2n) is 7.71. The Morgan fingerprint density at radius 1 is 1.00 bits per heavy atom. The Morgan fingerprint density at radius 3 is 2.67 bits per heavy atom. The number of aromatic amines is 1. The van der Waals surface area contributed by atoms with Crippen molar-refractivity contribution in [1.29, 1.82) is 0 Å². The number of aryl methyl sites for hydroxylation is 1. The number of rotatable bonds is 4. The molecule has 2 aromatic heterocycles. The van der Waals surface area contributed by atoms with Crippen molar-refractivity contribution in [3.05, 3.63) is 65.5 Å². The van der Waals surface area contributed by atoms with Crippen LogP contribution in [-0.2, 0) is 19.4 Å². The maximum absolute atomic E-state index is 5.99. The number of nitrogens with zero attached hydrogens (tertiary/aromatic N) is 3. The lowest BCUT2D eigenvalue weighted by Crippen LogP contribution is -2.51. The lowest BCUT2D eigenvalue weighted by Gasteiger charge is -2.41. The van der Waals surface area contributed by atoms with Gasteiger partial charge in [-0.15, -0.1) is 0 Å². The van der Waals surface area contributed by atoms with Crippen molar-refractivity contribution < 1.29 is 4.42 Å². The van der Waals surface area contributed by atoms with Gasteiger partial charge in [0.1, 0.15) is 11.5 Å². The number of piperazine rings is 1. The molecular weight excluding hydrogens is 336 g/mol. The molecule has 1 N–H and O–H groups in total. The Hall–Kier alpha value is -2.37. The molecule has 5 rings (SSSR count). The lowest BCUT2D eigenvalue weighted by molar-refractivity contribution is 0.0819. The smallest absolute Gasteiger partial charge is 0.152 e. The molecule has 27 heavy (non-hydrogen) atoms. The van der Waals surface area contributed by atoms with Crippen LogP contribution < -0.4 is 0 Å². The van der Waals surface area contributed by atoms with Gasteiger partial charge in [0.15, 0.2) is 5.76 Å². The van der Waals surface area contributed by atoms with Crippen LogP contribution >= 0.6 is 0 Å². The van der Waals surface area contributed by atoms with Crippen LogP contribution in [0.4, 0.5) is 0 Å². The van der Waals surface area contributed by atoms with E-state index in [0.717, 1.165) is 49.9 Å². The first-order valence-corrected chi connectivity index (χ1v) is 9.97. The lowest BCUT2D eigenvalue weighted by atomic mass is 9.87. The fourth-order valence-corrected chi connectivity index (χ4v) is 4.50. The number of benzene rings is 1. The first-order valence-electron chi connectivity index (χ1n) is 9.97. The normalized spacial score (nSPS) is 21.3. The van der Waals surface area contributed by atoms with E-state index < -0.39 is 0 Å². The molecule has 1 aliphatic carbocycles. The molecule has 140 valence electrons. The van der Waals surface area contributed by atoms with Gasteiger partial charge in [0.25, 0.3) is 0 Å². The second-order valence-corrected chi connectivity index (χ2v) is 7.71. The molecular formula is C22H26N4O. The predicted octanol–water partition coefficient (Wildman–Crippen LogP) is 3.34.